The number of phenols is 1. The number of piperidine rings is 1. The highest BCUT2D eigenvalue weighted by Crippen LogP contribution is 2.20. The number of phenolic OH excluding ortho intramolecular Hbond substituents is 1. The molecule has 0 radical (unpaired) electrons. The van der Waals surface area contributed by atoms with Crippen molar-refractivity contribution in [2.24, 2.45) is 0 Å². The number of hydrogen-bond donors (Lipinski definition) is 1. The summed E-state index contributed by atoms with van der Waals surface area (Å²) in [5.41, 5.74) is 0.740. The van der Waals surface area contributed by atoms with E-state index in [0.29, 0.717) is 13.0 Å². The molecule has 108 valence electrons. The summed E-state index contributed by atoms with van der Waals surface area (Å²) in [5, 5.41) is 9.42. The monoisotopic (exact) mass is 277 g/mol. The van der Waals surface area contributed by atoms with Gasteiger partial charge < -0.3 is 14.7 Å². The van der Waals surface area contributed by atoms with Gasteiger partial charge in [0, 0.05) is 6.54 Å². The van der Waals surface area contributed by atoms with Gasteiger partial charge in [-0.25, -0.2) is 4.79 Å². The molecule has 5 heteroatoms. The number of methoxy groups -OCH3 is 1. The van der Waals surface area contributed by atoms with Crippen molar-refractivity contribution in [3.63, 3.8) is 0 Å². The summed E-state index contributed by atoms with van der Waals surface area (Å²) < 4.78 is 4.77. The lowest BCUT2D eigenvalue weighted by Gasteiger charge is -2.33. The summed E-state index contributed by atoms with van der Waals surface area (Å²) in [6.07, 6.45) is 2.66. The van der Waals surface area contributed by atoms with Gasteiger partial charge in [-0.05, 0) is 37.0 Å². The van der Waals surface area contributed by atoms with Crippen LogP contribution in [-0.4, -0.2) is 41.6 Å². The molecule has 1 aliphatic rings. The fourth-order valence-electron chi connectivity index (χ4n) is 2.55. The topological polar surface area (TPSA) is 66.8 Å². The Bertz CT molecular complexity index is 500. The van der Waals surface area contributed by atoms with Gasteiger partial charge in [-0.1, -0.05) is 12.1 Å². The van der Waals surface area contributed by atoms with Crippen molar-refractivity contribution in [2.75, 3.05) is 13.7 Å². The molecule has 1 saturated heterocycles. The normalized spacial score (nSPS) is 18.6. The van der Waals surface area contributed by atoms with Crippen LogP contribution in [0.25, 0.3) is 0 Å². The van der Waals surface area contributed by atoms with E-state index in [1.807, 2.05) is 0 Å². The predicted octanol–water partition coefficient (Wildman–Crippen LogP) is 1.49. The maximum absolute atomic E-state index is 12.3. The first-order valence-electron chi connectivity index (χ1n) is 6.77. The molecule has 1 N–H and O–H groups in total. The zero-order valence-electron chi connectivity index (χ0n) is 11.5. The summed E-state index contributed by atoms with van der Waals surface area (Å²) in [6.45, 7) is 0.581. The first-order chi connectivity index (χ1) is 9.61. The number of carbonyl (C=O) groups is 2. The van der Waals surface area contributed by atoms with Gasteiger partial charge in [0.25, 0.3) is 0 Å². The second kappa shape index (κ2) is 6.41. The summed E-state index contributed by atoms with van der Waals surface area (Å²) in [4.78, 5) is 25.7. The molecule has 0 saturated carbocycles. The highest BCUT2D eigenvalue weighted by molar-refractivity contribution is 5.86. The van der Waals surface area contributed by atoms with Gasteiger partial charge in [-0.15, -0.1) is 0 Å². The number of likely N-dealkylation sites (tertiary alicyclic amines) is 1. The molecular weight excluding hydrogens is 258 g/mol. The van der Waals surface area contributed by atoms with Gasteiger partial charge in [0.15, 0.2) is 0 Å². The average molecular weight is 277 g/mol. The average Bonchev–Trinajstić information content (AvgIpc) is 2.46. The van der Waals surface area contributed by atoms with Gasteiger partial charge in [0.05, 0.1) is 13.5 Å². The molecule has 1 aromatic rings. The minimum atomic E-state index is -0.474. The Morgan fingerprint density at radius 3 is 2.90 bits per heavy atom. The molecule has 0 spiro atoms. The third-order valence-corrected chi connectivity index (χ3v) is 3.56. The smallest absolute Gasteiger partial charge is 0.328 e. The maximum Gasteiger partial charge on any atom is 0.328 e. The lowest BCUT2D eigenvalue weighted by molar-refractivity contribution is -0.154. The van der Waals surface area contributed by atoms with E-state index in [1.165, 1.54) is 7.11 Å². The number of esters is 1. The van der Waals surface area contributed by atoms with Crippen LogP contribution in [0.4, 0.5) is 0 Å². The van der Waals surface area contributed by atoms with Crippen molar-refractivity contribution in [1.29, 1.82) is 0 Å². The van der Waals surface area contributed by atoms with E-state index < -0.39 is 6.04 Å². The molecule has 1 unspecified atom stereocenters. The van der Waals surface area contributed by atoms with Crippen LogP contribution in [0.5, 0.6) is 5.75 Å². The van der Waals surface area contributed by atoms with E-state index in [2.05, 4.69) is 0 Å². The molecule has 5 nitrogen and oxygen atoms in total. The molecule has 1 heterocycles. The Morgan fingerprint density at radius 1 is 1.40 bits per heavy atom. The van der Waals surface area contributed by atoms with Gasteiger partial charge >= 0.3 is 5.97 Å². The SMILES string of the molecule is COC(=O)C1CCCCN1C(=O)Cc1cccc(O)c1. The Hall–Kier alpha value is -2.04. The molecule has 1 amide bonds. The summed E-state index contributed by atoms with van der Waals surface area (Å²) >= 11 is 0. The quantitative estimate of drug-likeness (QED) is 0.850. The second-order valence-electron chi connectivity index (χ2n) is 4.97. The molecule has 1 aliphatic heterocycles. The first kappa shape index (κ1) is 14.4. The van der Waals surface area contributed by atoms with Crippen LogP contribution in [0.3, 0.4) is 0 Å². The standard InChI is InChI=1S/C15H19NO4/c1-20-15(19)13-7-2-3-8-16(13)14(18)10-11-5-4-6-12(17)9-11/h4-6,9,13,17H,2-3,7-8,10H2,1H3. The van der Waals surface area contributed by atoms with Crippen molar-refractivity contribution >= 4 is 11.9 Å². The third-order valence-electron chi connectivity index (χ3n) is 3.56. The van der Waals surface area contributed by atoms with Crippen LogP contribution in [0.2, 0.25) is 0 Å². The summed E-state index contributed by atoms with van der Waals surface area (Å²) in [5.74, 6) is -0.321. The van der Waals surface area contributed by atoms with E-state index in [-0.39, 0.29) is 24.0 Å². The Balaban J connectivity index is 2.08. The lowest BCUT2D eigenvalue weighted by Crippen LogP contribution is -2.49. The molecule has 1 atom stereocenters. The largest absolute Gasteiger partial charge is 0.508 e. The van der Waals surface area contributed by atoms with Crippen molar-refractivity contribution in [2.45, 2.75) is 31.7 Å². The van der Waals surface area contributed by atoms with Crippen molar-refractivity contribution < 1.29 is 19.4 Å². The molecule has 1 fully saturated rings. The van der Waals surface area contributed by atoms with Crippen molar-refractivity contribution in [3.05, 3.63) is 29.8 Å². The molecule has 0 bridgehead atoms. The number of hydrogen-bond acceptors (Lipinski definition) is 4. The fraction of sp³-hybridized carbons (Fsp3) is 0.467. The van der Waals surface area contributed by atoms with E-state index in [0.717, 1.165) is 18.4 Å². The Labute approximate surface area is 118 Å². The highest BCUT2D eigenvalue weighted by Gasteiger charge is 2.32. The number of amides is 1. The minimum Gasteiger partial charge on any atom is -0.508 e. The van der Waals surface area contributed by atoms with E-state index in [9.17, 15) is 14.7 Å². The number of nitrogens with zero attached hydrogens (tertiary/aromatic N) is 1. The van der Waals surface area contributed by atoms with Gasteiger partial charge in [0.2, 0.25) is 5.91 Å². The molecule has 0 aliphatic carbocycles. The number of ether oxygens (including phenoxy) is 1. The van der Waals surface area contributed by atoms with Crippen LogP contribution in [0, 0.1) is 0 Å². The van der Waals surface area contributed by atoms with Crippen LogP contribution < -0.4 is 0 Å². The lowest BCUT2D eigenvalue weighted by atomic mass is 10.0. The van der Waals surface area contributed by atoms with Crippen LogP contribution in [0.1, 0.15) is 24.8 Å². The summed E-state index contributed by atoms with van der Waals surface area (Å²) in [7, 11) is 1.34. The Kier molecular flexibility index (Phi) is 4.61. The second-order valence-corrected chi connectivity index (χ2v) is 4.97. The fourth-order valence-corrected chi connectivity index (χ4v) is 2.55. The number of rotatable bonds is 3. The van der Waals surface area contributed by atoms with Crippen molar-refractivity contribution in [3.8, 4) is 5.75 Å². The van der Waals surface area contributed by atoms with E-state index in [4.69, 9.17) is 4.74 Å². The van der Waals surface area contributed by atoms with Gasteiger partial charge in [-0.2, -0.15) is 0 Å². The minimum absolute atomic E-state index is 0.106. The molecular formula is C15H19NO4. The number of carbonyl (C=O) groups excluding carboxylic acids is 2. The number of aromatic hydroxyl groups is 1. The van der Waals surface area contributed by atoms with Gasteiger partial charge in [-0.3, -0.25) is 4.79 Å². The van der Waals surface area contributed by atoms with Crippen molar-refractivity contribution in [1.82, 2.24) is 4.90 Å². The zero-order chi connectivity index (χ0) is 14.5. The van der Waals surface area contributed by atoms with Crippen LogP contribution in [-0.2, 0) is 20.7 Å². The zero-order valence-corrected chi connectivity index (χ0v) is 11.5. The van der Waals surface area contributed by atoms with Gasteiger partial charge in [0.1, 0.15) is 11.8 Å². The maximum atomic E-state index is 12.3. The van der Waals surface area contributed by atoms with E-state index in [1.54, 1.807) is 29.2 Å². The van der Waals surface area contributed by atoms with Crippen LogP contribution >= 0.6 is 0 Å². The van der Waals surface area contributed by atoms with Crippen LogP contribution in [0.15, 0.2) is 24.3 Å². The number of benzene rings is 1. The molecule has 2 rings (SSSR count). The molecule has 20 heavy (non-hydrogen) atoms. The molecule has 1 aromatic carbocycles. The predicted molar refractivity (Wildman–Crippen MR) is 73.2 cm³/mol. The first-order valence-corrected chi connectivity index (χ1v) is 6.77. The third kappa shape index (κ3) is 3.29. The summed E-state index contributed by atoms with van der Waals surface area (Å²) in [6, 6.07) is 6.14. The highest BCUT2D eigenvalue weighted by atomic mass is 16.5. The van der Waals surface area contributed by atoms with E-state index >= 15 is 0 Å². The Morgan fingerprint density at radius 2 is 2.20 bits per heavy atom. The molecule has 0 aromatic heterocycles.